The first-order valence-corrected chi connectivity index (χ1v) is 7.45. The molecule has 6 nitrogen and oxygen atoms in total. The van der Waals surface area contributed by atoms with Crippen molar-refractivity contribution >= 4 is 23.7 Å². The molecule has 1 aromatic carbocycles. The summed E-state index contributed by atoms with van der Waals surface area (Å²) in [5.74, 6) is 0. The maximum absolute atomic E-state index is 12.8. The van der Waals surface area contributed by atoms with Gasteiger partial charge in [-0.3, -0.25) is 9.36 Å². The van der Waals surface area contributed by atoms with Gasteiger partial charge in [0.05, 0.1) is 16.4 Å². The van der Waals surface area contributed by atoms with Crippen LogP contribution in [0, 0.1) is 6.92 Å². The maximum atomic E-state index is 12.8. The molecule has 1 heterocycles. The summed E-state index contributed by atoms with van der Waals surface area (Å²) in [4.78, 5) is 17.4. The minimum atomic E-state index is -3.52. The van der Waals surface area contributed by atoms with E-state index in [4.69, 9.17) is 13.9 Å². The fraction of sp³-hybridized carbons (Fsp3) is 0.308. The molecule has 108 valence electrons. The van der Waals surface area contributed by atoms with Gasteiger partial charge in [0.2, 0.25) is 0 Å². The van der Waals surface area contributed by atoms with E-state index in [0.29, 0.717) is 21.8 Å². The number of hydrogen-bond donors (Lipinski definition) is 0. The normalized spacial score (nSPS) is 11.8. The first-order valence-electron chi connectivity index (χ1n) is 5.91. The van der Waals surface area contributed by atoms with Gasteiger partial charge in [-0.1, -0.05) is 18.2 Å². The molecule has 20 heavy (non-hydrogen) atoms. The molecule has 2 rings (SSSR count). The predicted octanol–water partition coefficient (Wildman–Crippen LogP) is 1.48. The third kappa shape index (κ3) is 2.06. The summed E-state index contributed by atoms with van der Waals surface area (Å²) >= 11 is 0. The molecule has 0 saturated carbocycles. The maximum Gasteiger partial charge on any atom is 0.363 e. The van der Waals surface area contributed by atoms with Crippen LogP contribution in [0.25, 0.3) is 10.8 Å². The average Bonchev–Trinajstić information content (AvgIpc) is 2.47. The molecule has 0 spiro atoms. The third-order valence-corrected chi connectivity index (χ3v) is 5.26. The Hall–Kier alpha value is -1.62. The lowest BCUT2D eigenvalue weighted by Crippen LogP contribution is -2.33. The van der Waals surface area contributed by atoms with E-state index in [2.05, 4.69) is 0 Å². The van der Waals surface area contributed by atoms with E-state index >= 15 is 0 Å². The molecule has 0 amide bonds. The van der Waals surface area contributed by atoms with Crippen LogP contribution in [0.4, 0.5) is 0 Å². The highest BCUT2D eigenvalue weighted by atomic mass is 31.2. The molecule has 0 saturated heterocycles. The van der Waals surface area contributed by atoms with Crippen LogP contribution in [0.3, 0.4) is 0 Å². The highest BCUT2D eigenvalue weighted by molar-refractivity contribution is 7.62. The first kappa shape index (κ1) is 14.8. The Balaban J connectivity index is 3.04. The van der Waals surface area contributed by atoms with Crippen molar-refractivity contribution < 1.29 is 18.5 Å². The molecule has 0 N–H and O–H groups in total. The molecular formula is C13H16NO5P. The molecule has 0 atom stereocenters. The largest absolute Gasteiger partial charge is 0.414 e. The minimum absolute atomic E-state index is 0.317. The smallest absolute Gasteiger partial charge is 0.363 e. The van der Waals surface area contributed by atoms with Crippen LogP contribution in [0.1, 0.15) is 5.69 Å². The van der Waals surface area contributed by atoms with Gasteiger partial charge in [-0.2, -0.15) is 0 Å². The van der Waals surface area contributed by atoms with Gasteiger partial charge in [-0.15, -0.1) is 4.73 Å². The van der Waals surface area contributed by atoms with Gasteiger partial charge in [-0.05, 0) is 13.0 Å². The van der Waals surface area contributed by atoms with E-state index in [1.807, 2.05) is 0 Å². The van der Waals surface area contributed by atoms with Crippen LogP contribution in [-0.4, -0.2) is 26.1 Å². The molecule has 0 radical (unpaired) electrons. The number of rotatable bonds is 4. The molecule has 7 heteroatoms. The molecule has 0 aliphatic heterocycles. The molecule has 0 fully saturated rings. The van der Waals surface area contributed by atoms with E-state index < -0.39 is 7.60 Å². The highest BCUT2D eigenvalue weighted by Crippen LogP contribution is 2.47. The number of pyridine rings is 1. The van der Waals surface area contributed by atoms with Crippen LogP contribution >= 0.6 is 7.60 Å². The topological polar surface area (TPSA) is 66.8 Å². The number of aromatic nitrogens is 1. The van der Waals surface area contributed by atoms with Crippen LogP contribution in [0.15, 0.2) is 29.1 Å². The lowest BCUT2D eigenvalue weighted by atomic mass is 10.1. The van der Waals surface area contributed by atoms with Crippen LogP contribution < -0.4 is 15.7 Å². The summed E-state index contributed by atoms with van der Waals surface area (Å²) in [6, 6.07) is 6.85. The molecule has 0 aliphatic rings. The van der Waals surface area contributed by atoms with Crippen molar-refractivity contribution in [1.82, 2.24) is 4.73 Å². The number of benzene rings is 1. The van der Waals surface area contributed by atoms with Gasteiger partial charge in [0.25, 0.3) is 5.56 Å². The second-order valence-electron chi connectivity index (χ2n) is 4.12. The first-order chi connectivity index (χ1) is 9.50. The van der Waals surface area contributed by atoms with Gasteiger partial charge in [0.1, 0.15) is 7.11 Å². The highest BCUT2D eigenvalue weighted by Gasteiger charge is 2.32. The van der Waals surface area contributed by atoms with Crippen molar-refractivity contribution in [2.45, 2.75) is 6.92 Å². The monoisotopic (exact) mass is 297 g/mol. The zero-order valence-corrected chi connectivity index (χ0v) is 12.6. The number of fused-ring (bicyclic) bond motifs is 1. The Morgan fingerprint density at radius 3 is 2.10 bits per heavy atom. The van der Waals surface area contributed by atoms with E-state index in [0.717, 1.165) is 4.73 Å². The lowest BCUT2D eigenvalue weighted by molar-refractivity contribution is 0.153. The van der Waals surface area contributed by atoms with E-state index in [9.17, 15) is 9.36 Å². The Kier molecular flexibility index (Phi) is 3.99. The molecule has 0 aliphatic carbocycles. The standard InChI is InChI=1S/C13H16NO5P/c1-9-12(20(16,18-3)19-4)10-7-5-6-8-11(10)13(15)14(9)17-2/h5-8H,1-4H3. The Bertz CT molecular complexity index is 744. The van der Waals surface area contributed by atoms with Gasteiger partial charge in [-0.25, -0.2) is 0 Å². The van der Waals surface area contributed by atoms with Crippen molar-refractivity contribution in [3.8, 4) is 0 Å². The van der Waals surface area contributed by atoms with Crippen LogP contribution in [0.2, 0.25) is 0 Å². The Labute approximate surface area is 116 Å². The Morgan fingerprint density at radius 2 is 1.60 bits per heavy atom. The minimum Gasteiger partial charge on any atom is -0.414 e. The molecule has 0 unspecified atom stereocenters. The quantitative estimate of drug-likeness (QED) is 0.800. The summed E-state index contributed by atoms with van der Waals surface area (Å²) in [5, 5.41) is 1.26. The summed E-state index contributed by atoms with van der Waals surface area (Å²) in [6.45, 7) is 1.64. The summed E-state index contributed by atoms with van der Waals surface area (Å²) in [5.41, 5.74) is 0.0753. The number of hydrogen-bond acceptors (Lipinski definition) is 5. The van der Waals surface area contributed by atoms with Crippen molar-refractivity contribution in [3.05, 3.63) is 40.3 Å². The molecular weight excluding hydrogens is 281 g/mol. The predicted molar refractivity (Wildman–Crippen MR) is 76.7 cm³/mol. The van der Waals surface area contributed by atoms with Gasteiger partial charge in [0.15, 0.2) is 0 Å². The zero-order chi connectivity index (χ0) is 14.9. The van der Waals surface area contributed by atoms with Gasteiger partial charge >= 0.3 is 7.60 Å². The Morgan fingerprint density at radius 1 is 1.05 bits per heavy atom. The average molecular weight is 297 g/mol. The van der Waals surface area contributed by atoms with Gasteiger partial charge < -0.3 is 13.9 Å². The van der Waals surface area contributed by atoms with E-state index in [1.54, 1.807) is 31.2 Å². The van der Waals surface area contributed by atoms with Crippen LogP contribution in [0.5, 0.6) is 0 Å². The lowest BCUT2D eigenvalue weighted by Gasteiger charge is -2.20. The summed E-state index contributed by atoms with van der Waals surface area (Å²) in [7, 11) is 0.469. The van der Waals surface area contributed by atoms with E-state index in [1.165, 1.54) is 21.3 Å². The fourth-order valence-corrected chi connectivity index (χ4v) is 3.74. The molecule has 0 bridgehead atoms. The van der Waals surface area contributed by atoms with Crippen LogP contribution in [-0.2, 0) is 13.6 Å². The molecule has 1 aromatic heterocycles. The van der Waals surface area contributed by atoms with Gasteiger partial charge in [0, 0.05) is 19.6 Å². The number of nitrogens with zero attached hydrogens (tertiary/aromatic N) is 1. The third-order valence-electron chi connectivity index (χ3n) is 3.18. The van der Waals surface area contributed by atoms with Crippen molar-refractivity contribution in [2.75, 3.05) is 21.3 Å². The summed E-state index contributed by atoms with van der Waals surface area (Å²) in [6.07, 6.45) is 0. The zero-order valence-electron chi connectivity index (χ0n) is 11.7. The second-order valence-corrected chi connectivity index (χ2v) is 6.30. The second kappa shape index (κ2) is 5.40. The van der Waals surface area contributed by atoms with Crippen molar-refractivity contribution in [3.63, 3.8) is 0 Å². The van der Waals surface area contributed by atoms with Crippen molar-refractivity contribution in [2.24, 2.45) is 0 Å². The fourth-order valence-electron chi connectivity index (χ4n) is 2.25. The molecule has 2 aromatic rings. The SMILES string of the molecule is COn1c(C)c(P(=O)(OC)OC)c2ccccc2c1=O. The summed E-state index contributed by atoms with van der Waals surface area (Å²) < 4.78 is 24.0. The van der Waals surface area contributed by atoms with E-state index in [-0.39, 0.29) is 5.56 Å². The van der Waals surface area contributed by atoms with Crippen molar-refractivity contribution in [1.29, 1.82) is 0 Å².